The molecule has 1 N–H and O–H groups in total. The molecule has 1 aromatic heterocycles. The third kappa shape index (κ3) is 3.69. The van der Waals surface area contributed by atoms with E-state index in [0.717, 1.165) is 0 Å². The van der Waals surface area contributed by atoms with Gasteiger partial charge >= 0.3 is 0 Å². The van der Waals surface area contributed by atoms with Crippen molar-refractivity contribution in [2.75, 3.05) is 16.8 Å². The second kappa shape index (κ2) is 7.44. The smallest absolute Gasteiger partial charge is 0.237 e. The Balaban J connectivity index is 2.14. The molecular weight excluding hydrogens is 338 g/mol. The Morgan fingerprint density at radius 1 is 1.08 bits per heavy atom. The number of nitrogens with one attached hydrogen (secondary N) is 1. The molecule has 1 heterocycles. The maximum Gasteiger partial charge on any atom is 0.237 e. The summed E-state index contributed by atoms with van der Waals surface area (Å²) in [5, 5.41) is 2.98. The second-order valence-corrected chi connectivity index (χ2v) is 7.16. The number of hydrogen-bond acceptors (Lipinski definition) is 4. The van der Waals surface area contributed by atoms with Crippen LogP contribution in [-0.4, -0.2) is 21.6 Å². The van der Waals surface area contributed by atoms with Crippen LogP contribution < -0.4 is 10.7 Å². The van der Waals surface area contributed by atoms with Gasteiger partial charge in [0.2, 0.25) is 11.3 Å². The standard InChI is InChI=1S/C19H17NO4S/c1-2-25(23)12-16(21)20-17-18(22)14-10-6-7-11-15(14)24-19(17)13-8-4-3-5-9-13/h3-11H,2,12H2,1H3,(H,20,21). The largest absolute Gasteiger partial charge is 0.454 e. The molecule has 5 nitrogen and oxygen atoms in total. The lowest BCUT2D eigenvalue weighted by Crippen LogP contribution is -2.24. The molecule has 0 saturated heterocycles. The molecule has 0 saturated carbocycles. The predicted molar refractivity (Wildman–Crippen MR) is 100 cm³/mol. The first-order chi connectivity index (χ1) is 12.1. The highest BCUT2D eigenvalue weighted by Gasteiger charge is 2.18. The van der Waals surface area contributed by atoms with Crippen LogP contribution in [0.2, 0.25) is 0 Å². The minimum Gasteiger partial charge on any atom is -0.454 e. The van der Waals surface area contributed by atoms with E-state index in [1.165, 1.54) is 0 Å². The quantitative estimate of drug-likeness (QED) is 0.763. The highest BCUT2D eigenvalue weighted by atomic mass is 32.2. The van der Waals surface area contributed by atoms with E-state index in [1.54, 1.807) is 43.3 Å². The van der Waals surface area contributed by atoms with Gasteiger partial charge in [0.05, 0.1) is 5.39 Å². The molecule has 0 aliphatic heterocycles. The van der Waals surface area contributed by atoms with E-state index in [4.69, 9.17) is 4.42 Å². The predicted octanol–water partition coefficient (Wildman–Crippen LogP) is 3.17. The lowest BCUT2D eigenvalue weighted by Gasteiger charge is -2.11. The average Bonchev–Trinajstić information content (AvgIpc) is 2.64. The minimum absolute atomic E-state index is 0.0722. The summed E-state index contributed by atoms with van der Waals surface area (Å²) in [6.45, 7) is 1.74. The number of amides is 1. The summed E-state index contributed by atoms with van der Waals surface area (Å²) in [4.78, 5) is 25.0. The van der Waals surface area contributed by atoms with Gasteiger partial charge in [0.25, 0.3) is 0 Å². The van der Waals surface area contributed by atoms with Crippen molar-refractivity contribution in [3.63, 3.8) is 0 Å². The zero-order valence-corrected chi connectivity index (χ0v) is 14.5. The monoisotopic (exact) mass is 355 g/mol. The SMILES string of the molecule is CCS(=O)CC(=O)Nc1c(-c2ccccc2)oc2ccccc2c1=O. The number of anilines is 1. The molecule has 3 rings (SSSR count). The molecule has 25 heavy (non-hydrogen) atoms. The fourth-order valence-corrected chi connectivity index (χ4v) is 3.04. The van der Waals surface area contributed by atoms with Crippen LogP contribution in [0.3, 0.4) is 0 Å². The van der Waals surface area contributed by atoms with Gasteiger partial charge in [-0.3, -0.25) is 13.8 Å². The number of carbonyl (C=O) groups excluding carboxylic acids is 1. The Hall–Kier alpha value is -2.73. The third-order valence-corrected chi connectivity index (χ3v) is 4.94. The summed E-state index contributed by atoms with van der Waals surface area (Å²) in [7, 11) is -1.26. The van der Waals surface area contributed by atoms with E-state index in [-0.39, 0.29) is 16.9 Å². The molecule has 0 bridgehead atoms. The number of benzene rings is 2. The Morgan fingerprint density at radius 3 is 2.48 bits per heavy atom. The van der Waals surface area contributed by atoms with Crippen LogP contribution >= 0.6 is 0 Å². The number of rotatable bonds is 5. The van der Waals surface area contributed by atoms with Gasteiger partial charge < -0.3 is 9.73 Å². The first kappa shape index (κ1) is 17.1. The van der Waals surface area contributed by atoms with E-state index >= 15 is 0 Å². The zero-order valence-electron chi connectivity index (χ0n) is 13.7. The molecule has 0 aliphatic rings. The van der Waals surface area contributed by atoms with Crippen molar-refractivity contribution in [3.05, 3.63) is 64.8 Å². The Morgan fingerprint density at radius 2 is 1.76 bits per heavy atom. The van der Waals surface area contributed by atoms with Crippen molar-refractivity contribution in [2.45, 2.75) is 6.92 Å². The fourth-order valence-electron chi connectivity index (χ4n) is 2.47. The maximum absolute atomic E-state index is 12.9. The Labute approximate surface area is 147 Å². The van der Waals surface area contributed by atoms with Crippen LogP contribution in [-0.2, 0) is 15.6 Å². The molecule has 0 fully saturated rings. The average molecular weight is 355 g/mol. The second-order valence-electron chi connectivity index (χ2n) is 5.42. The van der Waals surface area contributed by atoms with Crippen LogP contribution in [0.1, 0.15) is 6.92 Å². The van der Waals surface area contributed by atoms with Gasteiger partial charge in [-0.05, 0) is 12.1 Å². The number of fused-ring (bicyclic) bond motifs is 1. The molecule has 6 heteroatoms. The number of para-hydroxylation sites is 1. The minimum atomic E-state index is -1.26. The highest BCUT2D eigenvalue weighted by molar-refractivity contribution is 7.85. The van der Waals surface area contributed by atoms with Crippen molar-refractivity contribution < 1.29 is 13.4 Å². The molecule has 0 radical (unpaired) electrons. The third-order valence-electron chi connectivity index (χ3n) is 3.71. The van der Waals surface area contributed by atoms with Crippen molar-refractivity contribution in [3.8, 4) is 11.3 Å². The lowest BCUT2D eigenvalue weighted by atomic mass is 10.1. The van der Waals surface area contributed by atoms with Gasteiger partial charge in [-0.1, -0.05) is 49.4 Å². The van der Waals surface area contributed by atoms with Crippen LogP contribution in [0.4, 0.5) is 5.69 Å². The summed E-state index contributed by atoms with van der Waals surface area (Å²) >= 11 is 0. The summed E-state index contributed by atoms with van der Waals surface area (Å²) in [6.07, 6.45) is 0. The maximum atomic E-state index is 12.9. The Bertz CT molecular complexity index is 995. The van der Waals surface area contributed by atoms with Gasteiger partial charge in [-0.25, -0.2) is 0 Å². The van der Waals surface area contributed by atoms with E-state index in [9.17, 15) is 13.8 Å². The van der Waals surface area contributed by atoms with Crippen molar-refractivity contribution in [2.24, 2.45) is 0 Å². The van der Waals surface area contributed by atoms with E-state index < -0.39 is 16.7 Å². The van der Waals surface area contributed by atoms with Crippen molar-refractivity contribution in [1.82, 2.24) is 0 Å². The summed E-state index contributed by atoms with van der Waals surface area (Å²) in [6, 6.07) is 16.0. The molecule has 0 aliphatic carbocycles. The molecule has 0 spiro atoms. The van der Waals surface area contributed by atoms with Crippen LogP contribution in [0, 0.1) is 0 Å². The van der Waals surface area contributed by atoms with Crippen LogP contribution in [0.15, 0.2) is 63.8 Å². The molecule has 3 aromatic rings. The lowest BCUT2D eigenvalue weighted by molar-refractivity contribution is -0.113. The van der Waals surface area contributed by atoms with E-state index in [2.05, 4.69) is 5.32 Å². The molecule has 128 valence electrons. The van der Waals surface area contributed by atoms with Gasteiger partial charge in [-0.2, -0.15) is 0 Å². The van der Waals surface area contributed by atoms with Crippen molar-refractivity contribution in [1.29, 1.82) is 0 Å². The number of hydrogen-bond donors (Lipinski definition) is 1. The van der Waals surface area contributed by atoms with Crippen LogP contribution in [0.25, 0.3) is 22.3 Å². The summed E-state index contributed by atoms with van der Waals surface area (Å²) in [5.74, 6) is 0.0438. The summed E-state index contributed by atoms with van der Waals surface area (Å²) in [5.41, 5.74) is 0.873. The molecule has 1 amide bonds. The first-order valence-corrected chi connectivity index (χ1v) is 9.35. The van der Waals surface area contributed by atoms with E-state index in [1.807, 2.05) is 18.2 Å². The van der Waals surface area contributed by atoms with Crippen molar-refractivity contribution >= 4 is 33.4 Å². The topological polar surface area (TPSA) is 76.4 Å². The Kier molecular flexibility index (Phi) is 5.09. The first-order valence-electron chi connectivity index (χ1n) is 7.86. The van der Waals surface area contributed by atoms with Gasteiger partial charge in [0.1, 0.15) is 17.0 Å². The highest BCUT2D eigenvalue weighted by Crippen LogP contribution is 2.29. The van der Waals surface area contributed by atoms with Gasteiger partial charge in [-0.15, -0.1) is 0 Å². The molecule has 2 aromatic carbocycles. The van der Waals surface area contributed by atoms with Crippen LogP contribution in [0.5, 0.6) is 0 Å². The summed E-state index contributed by atoms with van der Waals surface area (Å²) < 4.78 is 17.5. The molecular formula is C19H17NO4S. The van der Waals surface area contributed by atoms with Gasteiger partial charge in [0, 0.05) is 22.1 Å². The van der Waals surface area contributed by atoms with E-state index in [0.29, 0.717) is 28.0 Å². The van der Waals surface area contributed by atoms with Gasteiger partial charge in [0.15, 0.2) is 5.76 Å². The molecule has 1 unspecified atom stereocenters. The zero-order chi connectivity index (χ0) is 17.8. The number of carbonyl (C=O) groups is 1. The normalized spacial score (nSPS) is 12.0. The molecule has 1 atom stereocenters. The fraction of sp³-hybridized carbons (Fsp3) is 0.158.